The Balaban J connectivity index is 3.32. The Morgan fingerprint density at radius 1 is 1.64 bits per heavy atom. The standard InChI is InChI=1S/C7H9N3S/c1-4-2-3-10-6(8)5(4)7(9)11/h2-3H,1H3,(H2,8,10)(H2,9,11). The molecule has 3 nitrogen and oxygen atoms in total. The van der Waals surface area contributed by atoms with E-state index in [-0.39, 0.29) is 0 Å². The van der Waals surface area contributed by atoms with Crippen molar-refractivity contribution in [2.24, 2.45) is 5.73 Å². The molecule has 1 rings (SSSR count). The van der Waals surface area contributed by atoms with Crippen LogP contribution in [-0.2, 0) is 0 Å². The van der Waals surface area contributed by atoms with Crippen molar-refractivity contribution in [1.82, 2.24) is 4.98 Å². The summed E-state index contributed by atoms with van der Waals surface area (Å²) in [5.41, 5.74) is 12.6. The molecule has 0 unspecified atom stereocenters. The van der Waals surface area contributed by atoms with Crippen molar-refractivity contribution in [3.8, 4) is 0 Å². The van der Waals surface area contributed by atoms with Gasteiger partial charge in [-0.2, -0.15) is 0 Å². The van der Waals surface area contributed by atoms with Gasteiger partial charge in [-0.05, 0) is 18.6 Å². The Bertz CT molecular complexity index is 275. The van der Waals surface area contributed by atoms with Crippen LogP contribution >= 0.6 is 12.2 Å². The van der Waals surface area contributed by atoms with Gasteiger partial charge >= 0.3 is 0 Å². The van der Waals surface area contributed by atoms with Gasteiger partial charge in [0.2, 0.25) is 0 Å². The summed E-state index contributed by atoms with van der Waals surface area (Å²) in [4.78, 5) is 4.17. The zero-order chi connectivity index (χ0) is 8.43. The van der Waals surface area contributed by atoms with E-state index in [0.717, 1.165) is 5.56 Å². The van der Waals surface area contributed by atoms with Crippen molar-refractivity contribution in [3.63, 3.8) is 0 Å². The molecule has 0 saturated carbocycles. The molecule has 4 N–H and O–H groups in total. The maximum atomic E-state index is 5.54. The topological polar surface area (TPSA) is 64.9 Å². The minimum atomic E-state index is 0.299. The molecule has 1 aromatic rings. The average molecular weight is 167 g/mol. The number of nitrogen functional groups attached to an aromatic ring is 1. The Hall–Kier alpha value is -1.16. The van der Waals surface area contributed by atoms with E-state index >= 15 is 0 Å². The van der Waals surface area contributed by atoms with Crippen LogP contribution in [0.3, 0.4) is 0 Å². The number of rotatable bonds is 1. The lowest BCUT2D eigenvalue weighted by atomic mass is 10.1. The molecule has 0 aliphatic heterocycles. The smallest absolute Gasteiger partial charge is 0.133 e. The van der Waals surface area contributed by atoms with Crippen LogP contribution in [0.1, 0.15) is 11.1 Å². The predicted octanol–water partition coefficient (Wildman–Crippen LogP) is 0.606. The van der Waals surface area contributed by atoms with Crippen LogP contribution in [0.4, 0.5) is 5.82 Å². The van der Waals surface area contributed by atoms with Gasteiger partial charge in [0.1, 0.15) is 10.8 Å². The summed E-state index contributed by atoms with van der Waals surface area (Å²) >= 11 is 4.79. The molecule has 0 atom stereocenters. The minimum Gasteiger partial charge on any atom is -0.389 e. The summed E-state index contributed by atoms with van der Waals surface area (Å²) in [7, 11) is 0. The largest absolute Gasteiger partial charge is 0.389 e. The van der Waals surface area contributed by atoms with E-state index in [2.05, 4.69) is 4.98 Å². The Kier molecular flexibility index (Phi) is 2.05. The van der Waals surface area contributed by atoms with E-state index < -0.39 is 0 Å². The first kappa shape index (κ1) is 7.94. The van der Waals surface area contributed by atoms with Crippen LogP contribution in [0.15, 0.2) is 12.3 Å². The molecule has 11 heavy (non-hydrogen) atoms. The third-order valence-electron chi connectivity index (χ3n) is 1.44. The third-order valence-corrected chi connectivity index (χ3v) is 1.64. The highest BCUT2D eigenvalue weighted by Crippen LogP contribution is 2.12. The lowest BCUT2D eigenvalue weighted by Gasteiger charge is -2.04. The first-order valence-corrected chi connectivity index (χ1v) is 3.54. The molecular formula is C7H9N3S. The highest BCUT2D eigenvalue weighted by Gasteiger charge is 2.05. The number of pyridine rings is 1. The Morgan fingerprint density at radius 2 is 2.27 bits per heavy atom. The summed E-state index contributed by atoms with van der Waals surface area (Å²) in [6.07, 6.45) is 1.63. The Morgan fingerprint density at radius 3 is 2.64 bits per heavy atom. The van der Waals surface area contributed by atoms with Crippen molar-refractivity contribution < 1.29 is 0 Å². The van der Waals surface area contributed by atoms with Crippen molar-refractivity contribution in [2.75, 3.05) is 5.73 Å². The lowest BCUT2D eigenvalue weighted by molar-refractivity contribution is 1.28. The summed E-state index contributed by atoms with van der Waals surface area (Å²) in [5, 5.41) is 0. The van der Waals surface area contributed by atoms with E-state index in [9.17, 15) is 0 Å². The molecule has 0 radical (unpaired) electrons. The number of hydrogen-bond acceptors (Lipinski definition) is 3. The van der Waals surface area contributed by atoms with Gasteiger partial charge in [-0.25, -0.2) is 4.98 Å². The number of hydrogen-bond donors (Lipinski definition) is 2. The second kappa shape index (κ2) is 2.84. The van der Waals surface area contributed by atoms with E-state index in [4.69, 9.17) is 23.7 Å². The normalized spacial score (nSPS) is 9.55. The number of anilines is 1. The quantitative estimate of drug-likeness (QED) is 0.601. The zero-order valence-corrected chi connectivity index (χ0v) is 6.98. The number of nitrogens with zero attached hydrogens (tertiary/aromatic N) is 1. The number of nitrogens with two attached hydrogens (primary N) is 2. The molecule has 0 amide bonds. The van der Waals surface area contributed by atoms with Gasteiger partial charge in [-0.1, -0.05) is 12.2 Å². The number of aryl methyl sites for hydroxylation is 1. The molecule has 1 aromatic heterocycles. The van der Waals surface area contributed by atoms with Crippen molar-refractivity contribution in [3.05, 3.63) is 23.4 Å². The fourth-order valence-corrected chi connectivity index (χ4v) is 1.17. The number of thiocarbonyl (C=S) groups is 1. The highest BCUT2D eigenvalue weighted by atomic mass is 32.1. The van der Waals surface area contributed by atoms with Crippen LogP contribution in [0, 0.1) is 6.92 Å². The van der Waals surface area contributed by atoms with Crippen molar-refractivity contribution >= 4 is 23.0 Å². The van der Waals surface area contributed by atoms with E-state index in [1.54, 1.807) is 6.20 Å². The fourth-order valence-electron chi connectivity index (χ4n) is 0.900. The fraction of sp³-hybridized carbons (Fsp3) is 0.143. The molecule has 0 bridgehead atoms. The first-order chi connectivity index (χ1) is 5.13. The van der Waals surface area contributed by atoms with E-state index in [1.807, 2.05) is 13.0 Å². The second-order valence-electron chi connectivity index (χ2n) is 2.25. The van der Waals surface area contributed by atoms with Crippen LogP contribution < -0.4 is 11.5 Å². The van der Waals surface area contributed by atoms with Crippen LogP contribution in [0.2, 0.25) is 0 Å². The molecular weight excluding hydrogens is 158 g/mol. The van der Waals surface area contributed by atoms with Gasteiger partial charge in [0.15, 0.2) is 0 Å². The monoisotopic (exact) mass is 167 g/mol. The second-order valence-corrected chi connectivity index (χ2v) is 2.69. The van der Waals surface area contributed by atoms with Gasteiger partial charge in [0.05, 0.1) is 5.56 Å². The molecule has 1 heterocycles. The van der Waals surface area contributed by atoms with Crippen molar-refractivity contribution in [1.29, 1.82) is 0 Å². The van der Waals surface area contributed by atoms with Gasteiger partial charge in [-0.15, -0.1) is 0 Å². The molecule has 0 aliphatic carbocycles. The van der Waals surface area contributed by atoms with Gasteiger partial charge in [0.25, 0.3) is 0 Å². The summed E-state index contributed by atoms with van der Waals surface area (Å²) in [5.74, 6) is 0.400. The third kappa shape index (κ3) is 1.46. The van der Waals surface area contributed by atoms with Crippen molar-refractivity contribution in [2.45, 2.75) is 6.92 Å². The van der Waals surface area contributed by atoms with Gasteiger partial charge < -0.3 is 11.5 Å². The van der Waals surface area contributed by atoms with Crippen LogP contribution in [-0.4, -0.2) is 9.97 Å². The lowest BCUT2D eigenvalue weighted by Crippen LogP contribution is -2.14. The molecule has 4 heteroatoms. The van der Waals surface area contributed by atoms with Gasteiger partial charge in [-0.3, -0.25) is 0 Å². The molecule has 0 aromatic carbocycles. The average Bonchev–Trinajstić information content (AvgIpc) is 1.85. The van der Waals surface area contributed by atoms with Gasteiger partial charge in [0, 0.05) is 6.20 Å². The Labute approximate surface area is 70.4 Å². The molecule has 0 spiro atoms. The zero-order valence-electron chi connectivity index (χ0n) is 6.16. The summed E-state index contributed by atoms with van der Waals surface area (Å²) < 4.78 is 0. The van der Waals surface area contributed by atoms with Crippen LogP contribution in [0.25, 0.3) is 0 Å². The molecule has 0 saturated heterocycles. The van der Waals surface area contributed by atoms with E-state index in [1.165, 1.54) is 0 Å². The highest BCUT2D eigenvalue weighted by molar-refractivity contribution is 7.80. The summed E-state index contributed by atoms with van der Waals surface area (Å²) in [6, 6.07) is 1.82. The maximum absolute atomic E-state index is 5.54. The maximum Gasteiger partial charge on any atom is 0.133 e. The SMILES string of the molecule is Cc1ccnc(N)c1C(N)=S. The first-order valence-electron chi connectivity index (χ1n) is 3.14. The molecule has 0 aliphatic rings. The minimum absolute atomic E-state index is 0.299. The molecule has 58 valence electrons. The molecule has 0 fully saturated rings. The predicted molar refractivity (Wildman–Crippen MR) is 49.3 cm³/mol. The van der Waals surface area contributed by atoms with E-state index in [0.29, 0.717) is 16.4 Å². The summed E-state index contributed by atoms with van der Waals surface area (Å²) in [6.45, 7) is 1.90. The number of aromatic nitrogens is 1. The van der Waals surface area contributed by atoms with Crippen LogP contribution in [0.5, 0.6) is 0 Å².